The first-order valence-electron chi connectivity index (χ1n) is 7.36. The molecule has 3 rings (SSSR count). The van der Waals surface area contributed by atoms with Gasteiger partial charge in [0.05, 0.1) is 6.10 Å². The number of nitrogens with two attached hydrogens (primary N) is 1. The van der Waals surface area contributed by atoms with Gasteiger partial charge < -0.3 is 15.2 Å². The highest BCUT2D eigenvalue weighted by molar-refractivity contribution is 6.09. The van der Waals surface area contributed by atoms with Crippen LogP contribution < -0.4 is 10.5 Å². The van der Waals surface area contributed by atoms with Gasteiger partial charge in [0.1, 0.15) is 18.2 Å². The molecule has 1 heterocycles. The zero-order valence-corrected chi connectivity index (χ0v) is 12.0. The molecule has 1 saturated heterocycles. The van der Waals surface area contributed by atoms with Gasteiger partial charge >= 0.3 is 0 Å². The third-order valence-corrected chi connectivity index (χ3v) is 3.87. The van der Waals surface area contributed by atoms with E-state index in [0.29, 0.717) is 6.61 Å². The number of fused-ring (bicyclic) bond motifs is 1. The van der Waals surface area contributed by atoms with E-state index in [-0.39, 0.29) is 11.9 Å². The summed E-state index contributed by atoms with van der Waals surface area (Å²) in [6.45, 7) is 1.40. The Morgan fingerprint density at radius 1 is 1.19 bits per heavy atom. The van der Waals surface area contributed by atoms with Crippen molar-refractivity contribution in [2.75, 3.05) is 13.2 Å². The lowest BCUT2D eigenvalue weighted by Gasteiger charge is -2.23. The van der Waals surface area contributed by atoms with Crippen molar-refractivity contribution in [2.24, 2.45) is 5.73 Å². The maximum atomic E-state index is 7.67. The number of amidine groups is 1. The lowest BCUT2D eigenvalue weighted by molar-refractivity contribution is -0.0107. The molecule has 0 aliphatic carbocycles. The van der Waals surface area contributed by atoms with Gasteiger partial charge in [-0.2, -0.15) is 0 Å². The van der Waals surface area contributed by atoms with Gasteiger partial charge in [-0.1, -0.05) is 24.3 Å². The molecule has 0 aromatic heterocycles. The van der Waals surface area contributed by atoms with Crippen LogP contribution in [-0.2, 0) is 4.74 Å². The van der Waals surface area contributed by atoms with Crippen LogP contribution in [0.5, 0.6) is 5.75 Å². The monoisotopic (exact) mass is 284 g/mol. The van der Waals surface area contributed by atoms with Crippen molar-refractivity contribution >= 4 is 16.6 Å². The number of nitrogen functional groups attached to an aromatic ring is 1. The van der Waals surface area contributed by atoms with Gasteiger partial charge in [0.2, 0.25) is 0 Å². The normalized spacial score (nSPS) is 18.6. The van der Waals surface area contributed by atoms with Crippen molar-refractivity contribution < 1.29 is 9.47 Å². The van der Waals surface area contributed by atoms with E-state index >= 15 is 0 Å². The highest BCUT2D eigenvalue weighted by atomic mass is 16.5. The summed E-state index contributed by atoms with van der Waals surface area (Å²) < 4.78 is 11.7. The van der Waals surface area contributed by atoms with Gasteiger partial charge in [-0.25, -0.2) is 0 Å². The lowest BCUT2D eigenvalue weighted by Crippen LogP contribution is -2.25. The van der Waals surface area contributed by atoms with Crippen LogP contribution in [0.1, 0.15) is 24.8 Å². The van der Waals surface area contributed by atoms with E-state index in [1.807, 2.05) is 36.4 Å². The van der Waals surface area contributed by atoms with Crippen LogP contribution in [-0.4, -0.2) is 25.2 Å². The summed E-state index contributed by atoms with van der Waals surface area (Å²) in [7, 11) is 0. The van der Waals surface area contributed by atoms with Crippen molar-refractivity contribution in [3.8, 4) is 5.75 Å². The molecule has 0 bridgehead atoms. The Morgan fingerprint density at radius 2 is 2.00 bits per heavy atom. The van der Waals surface area contributed by atoms with Gasteiger partial charge in [0.15, 0.2) is 0 Å². The van der Waals surface area contributed by atoms with Gasteiger partial charge in [-0.3, -0.25) is 5.41 Å². The summed E-state index contributed by atoms with van der Waals surface area (Å²) in [6, 6.07) is 11.6. The number of ether oxygens (including phenoxy) is 2. The average Bonchev–Trinajstić information content (AvgIpc) is 2.53. The molecule has 110 valence electrons. The minimum Gasteiger partial charge on any atom is -0.490 e. The van der Waals surface area contributed by atoms with Crippen LogP contribution in [0.4, 0.5) is 0 Å². The quantitative estimate of drug-likeness (QED) is 0.669. The number of hydrogen-bond donors (Lipinski definition) is 2. The molecule has 0 spiro atoms. The van der Waals surface area contributed by atoms with Crippen LogP contribution >= 0.6 is 0 Å². The van der Waals surface area contributed by atoms with Crippen LogP contribution in [0.2, 0.25) is 0 Å². The minimum atomic E-state index is 0.0772. The molecule has 4 nitrogen and oxygen atoms in total. The van der Waals surface area contributed by atoms with E-state index < -0.39 is 0 Å². The first-order valence-corrected chi connectivity index (χ1v) is 7.36. The molecule has 1 aliphatic heterocycles. The van der Waals surface area contributed by atoms with Gasteiger partial charge in [-0.05, 0) is 36.8 Å². The molecular weight excluding hydrogens is 264 g/mol. The summed E-state index contributed by atoms with van der Waals surface area (Å²) in [5, 5.41) is 9.61. The molecule has 4 heteroatoms. The van der Waals surface area contributed by atoms with Crippen molar-refractivity contribution in [1.82, 2.24) is 0 Å². The molecule has 1 unspecified atom stereocenters. The third kappa shape index (κ3) is 3.00. The molecular formula is C17H20N2O2. The van der Waals surface area contributed by atoms with Crippen LogP contribution in [0.25, 0.3) is 10.8 Å². The summed E-state index contributed by atoms with van der Waals surface area (Å²) in [6.07, 6.45) is 3.60. The molecule has 0 amide bonds. The van der Waals surface area contributed by atoms with Crippen LogP contribution in [0, 0.1) is 5.41 Å². The highest BCUT2D eigenvalue weighted by Gasteiger charge is 2.15. The molecule has 1 atom stereocenters. The summed E-state index contributed by atoms with van der Waals surface area (Å²) >= 11 is 0. The standard InChI is InChI=1S/C17H20N2O2/c18-17(19)15-8-9-16(14-7-2-1-6-13(14)15)21-11-12-5-3-4-10-20-12/h1-2,6-9,12H,3-5,10-11H2,(H3,18,19). The number of rotatable bonds is 4. The first kappa shape index (κ1) is 13.9. The Kier molecular flexibility index (Phi) is 4.06. The molecule has 21 heavy (non-hydrogen) atoms. The van der Waals surface area contributed by atoms with Gasteiger partial charge in [0, 0.05) is 17.6 Å². The summed E-state index contributed by atoms with van der Waals surface area (Å²) in [4.78, 5) is 0. The third-order valence-electron chi connectivity index (χ3n) is 3.87. The molecule has 1 fully saturated rings. The van der Waals surface area contributed by atoms with Crippen molar-refractivity contribution in [3.05, 3.63) is 42.0 Å². The first-order chi connectivity index (χ1) is 10.3. The fraction of sp³-hybridized carbons (Fsp3) is 0.353. The maximum absolute atomic E-state index is 7.67. The van der Waals surface area contributed by atoms with E-state index in [4.69, 9.17) is 20.6 Å². The summed E-state index contributed by atoms with van der Waals surface area (Å²) in [5.41, 5.74) is 6.39. The zero-order chi connectivity index (χ0) is 14.7. The predicted molar refractivity (Wildman–Crippen MR) is 84.1 cm³/mol. The molecule has 2 aromatic carbocycles. The van der Waals surface area contributed by atoms with Crippen LogP contribution in [0.15, 0.2) is 36.4 Å². The van der Waals surface area contributed by atoms with Gasteiger partial charge in [-0.15, -0.1) is 0 Å². The Balaban J connectivity index is 1.85. The minimum absolute atomic E-state index is 0.0772. The number of nitrogens with one attached hydrogen (secondary N) is 1. The number of benzene rings is 2. The van der Waals surface area contributed by atoms with E-state index in [9.17, 15) is 0 Å². The maximum Gasteiger partial charge on any atom is 0.127 e. The van der Waals surface area contributed by atoms with Crippen LogP contribution in [0.3, 0.4) is 0 Å². The molecule has 2 aromatic rings. The zero-order valence-electron chi connectivity index (χ0n) is 12.0. The Labute approximate surface area is 124 Å². The average molecular weight is 284 g/mol. The molecule has 0 saturated carbocycles. The smallest absolute Gasteiger partial charge is 0.127 e. The van der Waals surface area contributed by atoms with E-state index in [0.717, 1.165) is 41.5 Å². The van der Waals surface area contributed by atoms with Crippen molar-refractivity contribution in [1.29, 1.82) is 5.41 Å². The Bertz CT molecular complexity index is 648. The van der Waals surface area contributed by atoms with E-state index in [1.54, 1.807) is 0 Å². The van der Waals surface area contributed by atoms with E-state index in [2.05, 4.69) is 0 Å². The second-order valence-electron chi connectivity index (χ2n) is 5.37. The van der Waals surface area contributed by atoms with Crippen molar-refractivity contribution in [2.45, 2.75) is 25.4 Å². The topological polar surface area (TPSA) is 68.3 Å². The molecule has 0 radical (unpaired) electrons. The number of hydrogen-bond acceptors (Lipinski definition) is 3. The lowest BCUT2D eigenvalue weighted by atomic mass is 10.0. The van der Waals surface area contributed by atoms with Crippen molar-refractivity contribution in [3.63, 3.8) is 0 Å². The Morgan fingerprint density at radius 3 is 2.71 bits per heavy atom. The molecule has 3 N–H and O–H groups in total. The predicted octanol–water partition coefficient (Wildman–Crippen LogP) is 3.07. The van der Waals surface area contributed by atoms with Gasteiger partial charge in [0.25, 0.3) is 0 Å². The SMILES string of the molecule is N=C(N)c1ccc(OCC2CCCCO2)c2ccccc12. The second kappa shape index (κ2) is 6.14. The fourth-order valence-corrected chi connectivity index (χ4v) is 2.75. The second-order valence-corrected chi connectivity index (χ2v) is 5.37. The van der Waals surface area contributed by atoms with E-state index in [1.165, 1.54) is 6.42 Å². The largest absolute Gasteiger partial charge is 0.490 e. The molecule has 1 aliphatic rings. The Hall–Kier alpha value is -2.07. The summed E-state index contributed by atoms with van der Waals surface area (Å²) in [5.74, 6) is 0.901. The highest BCUT2D eigenvalue weighted by Crippen LogP contribution is 2.29. The fourth-order valence-electron chi connectivity index (χ4n) is 2.75.